The highest BCUT2D eigenvalue weighted by molar-refractivity contribution is 7.98. The third-order valence-electron chi connectivity index (χ3n) is 5.17. The van der Waals surface area contributed by atoms with Crippen molar-refractivity contribution in [3.8, 4) is 5.69 Å². The number of anilines is 2. The van der Waals surface area contributed by atoms with Crippen LogP contribution in [0.3, 0.4) is 0 Å². The molecule has 3 heterocycles. The Morgan fingerprint density at radius 3 is 2.74 bits per heavy atom. The topological polar surface area (TPSA) is 127 Å². The molecule has 0 aliphatic rings. The Kier molecular flexibility index (Phi) is 6.00. The van der Waals surface area contributed by atoms with Crippen molar-refractivity contribution >= 4 is 34.6 Å². The minimum Gasteiger partial charge on any atom is -0.294 e. The highest BCUT2D eigenvalue weighted by atomic mass is 32.2. The number of para-hydroxylation sites is 1. The van der Waals surface area contributed by atoms with E-state index in [2.05, 4.69) is 59.8 Å². The van der Waals surface area contributed by atoms with Crippen molar-refractivity contribution in [2.24, 2.45) is 0 Å². The molecule has 170 valence electrons. The van der Waals surface area contributed by atoms with E-state index in [9.17, 15) is 4.79 Å². The van der Waals surface area contributed by atoms with Crippen molar-refractivity contribution in [3.63, 3.8) is 0 Å². The van der Waals surface area contributed by atoms with Gasteiger partial charge < -0.3 is 0 Å². The van der Waals surface area contributed by atoms with Gasteiger partial charge >= 0.3 is 0 Å². The highest BCUT2D eigenvalue weighted by Gasteiger charge is 2.12. The lowest BCUT2D eigenvalue weighted by molar-refractivity contribution is 0.756. The molecule has 5 rings (SSSR count). The average Bonchev–Trinajstić information content (AvgIpc) is 3.31. The predicted octanol–water partition coefficient (Wildman–Crippen LogP) is 3.60. The van der Waals surface area contributed by atoms with Crippen molar-refractivity contribution in [2.75, 3.05) is 5.32 Å². The van der Waals surface area contributed by atoms with Crippen LogP contribution in [-0.4, -0.2) is 40.1 Å². The van der Waals surface area contributed by atoms with Crippen LogP contribution in [0.1, 0.15) is 23.9 Å². The van der Waals surface area contributed by atoms with Crippen LogP contribution in [-0.2, 0) is 12.2 Å². The SMILES string of the molecule is CCc1ccc2nc(Nc3nc(CSc4nnnn4-c4ccccc4)cc(=O)[nH]3)nc(C)c2c1. The molecule has 10 nitrogen and oxygen atoms in total. The van der Waals surface area contributed by atoms with Crippen molar-refractivity contribution in [1.82, 2.24) is 40.1 Å². The molecule has 34 heavy (non-hydrogen) atoms. The predicted molar refractivity (Wildman–Crippen MR) is 131 cm³/mol. The lowest BCUT2D eigenvalue weighted by Crippen LogP contribution is -2.13. The number of thioether (sulfide) groups is 1. The van der Waals surface area contributed by atoms with Crippen molar-refractivity contribution in [2.45, 2.75) is 31.2 Å². The van der Waals surface area contributed by atoms with E-state index < -0.39 is 0 Å². The molecule has 0 saturated carbocycles. The van der Waals surface area contributed by atoms with Gasteiger partial charge in [0, 0.05) is 17.2 Å². The molecule has 0 radical (unpaired) electrons. The number of nitrogens with one attached hydrogen (secondary N) is 2. The molecule has 0 spiro atoms. The number of benzene rings is 2. The Morgan fingerprint density at radius 1 is 1.06 bits per heavy atom. The molecule has 5 aromatic rings. The number of rotatable bonds is 7. The minimum atomic E-state index is -0.277. The number of tetrazole rings is 1. The van der Waals surface area contributed by atoms with E-state index in [-0.39, 0.29) is 11.5 Å². The first-order chi connectivity index (χ1) is 16.6. The van der Waals surface area contributed by atoms with Gasteiger partial charge in [-0.2, -0.15) is 4.68 Å². The van der Waals surface area contributed by atoms with Crippen LogP contribution >= 0.6 is 11.8 Å². The summed E-state index contributed by atoms with van der Waals surface area (Å²) < 4.78 is 1.65. The summed E-state index contributed by atoms with van der Waals surface area (Å²) in [7, 11) is 0. The number of nitrogens with zero attached hydrogens (tertiary/aromatic N) is 7. The quantitative estimate of drug-likeness (QED) is 0.342. The molecule has 0 aliphatic carbocycles. The van der Waals surface area contributed by atoms with E-state index in [1.807, 2.05) is 43.3 Å². The van der Waals surface area contributed by atoms with Gasteiger partial charge in [0.2, 0.25) is 17.1 Å². The zero-order valence-corrected chi connectivity index (χ0v) is 19.4. The fourth-order valence-electron chi connectivity index (χ4n) is 3.49. The number of H-pyrrole nitrogens is 1. The Labute approximate surface area is 198 Å². The van der Waals surface area contributed by atoms with Crippen molar-refractivity contribution in [3.05, 3.63) is 81.9 Å². The monoisotopic (exact) mass is 471 g/mol. The first-order valence-electron chi connectivity index (χ1n) is 10.7. The van der Waals surface area contributed by atoms with Crippen LogP contribution in [0.2, 0.25) is 0 Å². The summed E-state index contributed by atoms with van der Waals surface area (Å²) in [5, 5.41) is 16.5. The molecule has 0 bridgehead atoms. The molecule has 2 aromatic carbocycles. The van der Waals surface area contributed by atoms with E-state index >= 15 is 0 Å². The van der Waals surface area contributed by atoms with Gasteiger partial charge in [-0.1, -0.05) is 43.0 Å². The number of hydrogen-bond donors (Lipinski definition) is 2. The number of hydrogen-bond acceptors (Lipinski definition) is 9. The molecule has 11 heteroatoms. The first kappa shape index (κ1) is 21.7. The molecular weight excluding hydrogens is 450 g/mol. The second kappa shape index (κ2) is 9.40. The zero-order chi connectivity index (χ0) is 23.5. The van der Waals surface area contributed by atoms with Gasteiger partial charge in [0.1, 0.15) is 0 Å². The maximum absolute atomic E-state index is 12.3. The van der Waals surface area contributed by atoms with Gasteiger partial charge in [0.25, 0.3) is 5.56 Å². The summed E-state index contributed by atoms with van der Waals surface area (Å²) in [5.74, 6) is 1.05. The standard InChI is InChI=1S/C23H21N9OS/c1-3-15-9-10-19-18(11-15)14(2)24-21(26-19)28-22-25-16(12-20(33)27-22)13-34-23-29-30-31-32(23)17-7-5-4-6-8-17/h4-12H,3,13H2,1-2H3,(H2,24,25,26,27,28,33). The fraction of sp³-hybridized carbons (Fsp3) is 0.174. The number of aromatic amines is 1. The molecule has 0 unspecified atom stereocenters. The van der Waals surface area contributed by atoms with Crippen LogP contribution in [0.25, 0.3) is 16.6 Å². The van der Waals surface area contributed by atoms with E-state index in [4.69, 9.17) is 0 Å². The Morgan fingerprint density at radius 2 is 1.91 bits per heavy atom. The van der Waals surface area contributed by atoms with E-state index in [1.54, 1.807) is 4.68 Å². The van der Waals surface area contributed by atoms with Crippen LogP contribution < -0.4 is 10.9 Å². The van der Waals surface area contributed by atoms with E-state index in [1.165, 1.54) is 23.4 Å². The van der Waals surface area contributed by atoms with Crippen LogP contribution in [0.4, 0.5) is 11.9 Å². The molecule has 0 amide bonds. The summed E-state index contributed by atoms with van der Waals surface area (Å²) in [5.41, 5.74) is 4.06. The molecule has 0 atom stereocenters. The molecule has 2 N–H and O–H groups in total. The lowest BCUT2D eigenvalue weighted by atomic mass is 10.1. The zero-order valence-electron chi connectivity index (χ0n) is 18.6. The molecule has 0 saturated heterocycles. The lowest BCUT2D eigenvalue weighted by Gasteiger charge is -2.09. The summed E-state index contributed by atoms with van der Waals surface area (Å²) in [6, 6.07) is 17.2. The summed E-state index contributed by atoms with van der Waals surface area (Å²) in [6.07, 6.45) is 0.947. The normalized spacial score (nSPS) is 11.1. The first-order valence-corrected chi connectivity index (χ1v) is 11.7. The van der Waals surface area contributed by atoms with Gasteiger partial charge in [0.05, 0.1) is 22.6 Å². The Hall–Kier alpha value is -4.12. The average molecular weight is 472 g/mol. The summed E-state index contributed by atoms with van der Waals surface area (Å²) in [6.45, 7) is 4.05. The molecule has 3 aromatic heterocycles. The number of fused-ring (bicyclic) bond motifs is 1. The van der Waals surface area contributed by atoms with Gasteiger partial charge in [-0.15, -0.1) is 5.10 Å². The van der Waals surface area contributed by atoms with Crippen molar-refractivity contribution in [1.29, 1.82) is 0 Å². The minimum absolute atomic E-state index is 0.273. The largest absolute Gasteiger partial charge is 0.294 e. The maximum Gasteiger partial charge on any atom is 0.252 e. The Balaban J connectivity index is 1.36. The summed E-state index contributed by atoms with van der Waals surface area (Å²) in [4.78, 5) is 28.6. The molecule has 0 fully saturated rings. The molecular formula is C23H21N9OS. The van der Waals surface area contributed by atoms with E-state index in [0.717, 1.165) is 28.7 Å². The van der Waals surface area contributed by atoms with Gasteiger partial charge in [0.15, 0.2) is 0 Å². The van der Waals surface area contributed by atoms with Crippen LogP contribution in [0.5, 0.6) is 0 Å². The Bertz CT molecular complexity index is 1510. The second-order valence-electron chi connectivity index (χ2n) is 7.55. The van der Waals surface area contributed by atoms with Crippen LogP contribution in [0, 0.1) is 6.92 Å². The third-order valence-corrected chi connectivity index (χ3v) is 6.13. The smallest absolute Gasteiger partial charge is 0.252 e. The van der Waals surface area contributed by atoms with Gasteiger partial charge in [-0.25, -0.2) is 15.0 Å². The van der Waals surface area contributed by atoms with Gasteiger partial charge in [-0.3, -0.25) is 15.1 Å². The fourth-order valence-corrected chi connectivity index (χ4v) is 4.27. The highest BCUT2D eigenvalue weighted by Crippen LogP contribution is 2.23. The second-order valence-corrected chi connectivity index (χ2v) is 8.49. The van der Waals surface area contributed by atoms with E-state index in [0.29, 0.717) is 22.6 Å². The van der Waals surface area contributed by atoms with Crippen LogP contribution in [0.15, 0.2) is 64.5 Å². The maximum atomic E-state index is 12.3. The summed E-state index contributed by atoms with van der Waals surface area (Å²) >= 11 is 1.39. The number of aromatic nitrogens is 8. The van der Waals surface area contributed by atoms with Gasteiger partial charge in [-0.05, 0) is 53.6 Å². The third kappa shape index (κ3) is 4.64. The van der Waals surface area contributed by atoms with Crippen molar-refractivity contribution < 1.29 is 0 Å². The number of aryl methyl sites for hydroxylation is 2. The molecule has 0 aliphatic heterocycles.